The van der Waals surface area contributed by atoms with E-state index in [0.717, 1.165) is 35.8 Å². The summed E-state index contributed by atoms with van der Waals surface area (Å²) in [5, 5.41) is 8.14. The maximum atomic E-state index is 13.8. The SMILES string of the molecule is CC1=C(C(=O)N[C@H](c2cccc(F)c2)C2CC2)c2c(C(C)C=O)ccc(Cl)c2C[N]1. The first-order chi connectivity index (χ1) is 14.4. The number of carbonyl (C=O) groups excluding carboxylic acids is 2. The number of nitrogens with one attached hydrogen (secondary N) is 1. The van der Waals surface area contributed by atoms with Crippen LogP contribution in [0.5, 0.6) is 0 Å². The molecule has 0 aromatic heterocycles. The third-order valence-electron chi connectivity index (χ3n) is 5.88. The fourth-order valence-corrected chi connectivity index (χ4v) is 4.31. The summed E-state index contributed by atoms with van der Waals surface area (Å²) in [5.74, 6) is -0.703. The summed E-state index contributed by atoms with van der Waals surface area (Å²) >= 11 is 6.41. The predicted octanol–water partition coefficient (Wildman–Crippen LogP) is 4.90. The van der Waals surface area contributed by atoms with Crippen molar-refractivity contribution in [3.63, 3.8) is 0 Å². The van der Waals surface area contributed by atoms with E-state index in [1.54, 1.807) is 32.0 Å². The number of nitrogens with zero attached hydrogens (tertiary/aromatic N) is 1. The van der Waals surface area contributed by atoms with Gasteiger partial charge in [-0.05, 0) is 60.6 Å². The molecule has 2 aromatic carbocycles. The van der Waals surface area contributed by atoms with Gasteiger partial charge in [0, 0.05) is 22.2 Å². The number of amides is 1. The quantitative estimate of drug-likeness (QED) is 0.669. The summed E-state index contributed by atoms with van der Waals surface area (Å²) in [6.07, 6.45) is 2.83. The monoisotopic (exact) mass is 425 g/mol. The molecular weight excluding hydrogens is 403 g/mol. The summed E-state index contributed by atoms with van der Waals surface area (Å²) in [6, 6.07) is 9.64. The lowest BCUT2D eigenvalue weighted by atomic mass is 9.85. The van der Waals surface area contributed by atoms with Gasteiger partial charge in [0.25, 0.3) is 5.91 Å². The van der Waals surface area contributed by atoms with Crippen molar-refractivity contribution in [2.75, 3.05) is 0 Å². The number of hydrogen-bond donors (Lipinski definition) is 1. The van der Waals surface area contributed by atoms with Gasteiger partial charge in [-0.3, -0.25) is 10.1 Å². The third kappa shape index (κ3) is 3.86. The summed E-state index contributed by atoms with van der Waals surface area (Å²) in [7, 11) is 0. The molecule has 2 atom stereocenters. The number of benzene rings is 2. The van der Waals surface area contributed by atoms with Crippen LogP contribution in [0.15, 0.2) is 42.1 Å². The Morgan fingerprint density at radius 1 is 1.30 bits per heavy atom. The maximum Gasteiger partial charge on any atom is 0.254 e. The van der Waals surface area contributed by atoms with E-state index < -0.39 is 0 Å². The van der Waals surface area contributed by atoms with E-state index in [2.05, 4.69) is 10.6 Å². The van der Waals surface area contributed by atoms with Crippen LogP contribution < -0.4 is 10.6 Å². The van der Waals surface area contributed by atoms with E-state index in [4.69, 9.17) is 11.6 Å². The highest BCUT2D eigenvalue weighted by Gasteiger charge is 2.36. The van der Waals surface area contributed by atoms with Crippen molar-refractivity contribution in [3.05, 3.63) is 75.2 Å². The highest BCUT2D eigenvalue weighted by molar-refractivity contribution is 6.32. The summed E-state index contributed by atoms with van der Waals surface area (Å²) in [6.45, 7) is 3.96. The Bertz CT molecular complexity index is 1050. The lowest BCUT2D eigenvalue weighted by Crippen LogP contribution is -2.33. The Balaban J connectivity index is 1.74. The molecule has 1 heterocycles. The molecule has 2 aliphatic rings. The summed E-state index contributed by atoms with van der Waals surface area (Å²) in [4.78, 5) is 25.0. The van der Waals surface area contributed by atoms with Crippen LogP contribution in [0.3, 0.4) is 0 Å². The molecule has 1 aliphatic carbocycles. The minimum atomic E-state index is -0.382. The van der Waals surface area contributed by atoms with Crippen molar-refractivity contribution >= 4 is 29.4 Å². The van der Waals surface area contributed by atoms with Crippen LogP contribution >= 0.6 is 11.6 Å². The lowest BCUT2D eigenvalue weighted by Gasteiger charge is -2.27. The van der Waals surface area contributed by atoms with Gasteiger partial charge in [0.2, 0.25) is 0 Å². The highest BCUT2D eigenvalue weighted by atomic mass is 35.5. The van der Waals surface area contributed by atoms with E-state index in [1.165, 1.54) is 12.1 Å². The molecule has 4 nitrogen and oxygen atoms in total. The molecule has 155 valence electrons. The average molecular weight is 426 g/mol. The van der Waals surface area contributed by atoms with Crippen molar-refractivity contribution in [2.45, 2.75) is 45.2 Å². The zero-order chi connectivity index (χ0) is 21.4. The Kier molecular flexibility index (Phi) is 5.65. The fourth-order valence-electron chi connectivity index (χ4n) is 4.09. The molecule has 1 saturated carbocycles. The second-order valence-electron chi connectivity index (χ2n) is 8.04. The van der Waals surface area contributed by atoms with Crippen LogP contribution in [0, 0.1) is 11.7 Å². The summed E-state index contributed by atoms with van der Waals surface area (Å²) < 4.78 is 13.8. The maximum absolute atomic E-state index is 13.8. The predicted molar refractivity (Wildman–Crippen MR) is 114 cm³/mol. The Hall–Kier alpha value is -2.66. The highest BCUT2D eigenvalue weighted by Crippen LogP contribution is 2.42. The summed E-state index contributed by atoms with van der Waals surface area (Å²) in [5.41, 5.74) is 4.01. The number of allylic oxidation sites excluding steroid dienone is 1. The topological polar surface area (TPSA) is 60.3 Å². The van der Waals surface area contributed by atoms with E-state index >= 15 is 0 Å². The Labute approximate surface area is 180 Å². The van der Waals surface area contributed by atoms with Gasteiger partial charge in [-0.15, -0.1) is 0 Å². The number of halogens is 2. The fraction of sp³-hybridized carbons (Fsp3) is 0.333. The molecule has 1 aliphatic heterocycles. The van der Waals surface area contributed by atoms with Gasteiger partial charge >= 0.3 is 0 Å². The molecule has 0 saturated heterocycles. The standard InChI is InChI=1S/C24H23ClFN2O2/c1-13(12-29)18-8-9-20(25)19-11-27-14(2)21(22(18)19)24(30)28-23(15-6-7-15)16-4-3-5-17(26)10-16/h3-5,8-10,12-13,15,23H,6-7,11H2,1-2H3,(H,28,30)/t13?,23-/m0/s1. The number of hydrogen-bond acceptors (Lipinski definition) is 2. The van der Waals surface area contributed by atoms with Gasteiger partial charge in [-0.2, -0.15) is 0 Å². The van der Waals surface area contributed by atoms with Gasteiger partial charge in [-0.1, -0.05) is 36.7 Å². The second kappa shape index (κ2) is 8.23. The minimum Gasteiger partial charge on any atom is -0.345 e. The Morgan fingerprint density at radius 2 is 2.07 bits per heavy atom. The van der Waals surface area contributed by atoms with Gasteiger partial charge in [0.1, 0.15) is 12.1 Å². The lowest BCUT2D eigenvalue weighted by molar-refractivity contribution is -0.116. The molecule has 4 rings (SSSR count). The first-order valence-corrected chi connectivity index (χ1v) is 10.5. The van der Waals surface area contributed by atoms with E-state index in [9.17, 15) is 14.0 Å². The largest absolute Gasteiger partial charge is 0.345 e. The van der Waals surface area contributed by atoms with Crippen LogP contribution in [0.1, 0.15) is 60.9 Å². The molecule has 2 aromatic rings. The molecule has 1 amide bonds. The zero-order valence-electron chi connectivity index (χ0n) is 16.9. The number of carbonyl (C=O) groups is 2. The van der Waals surface area contributed by atoms with Crippen molar-refractivity contribution < 1.29 is 14.0 Å². The molecule has 1 N–H and O–H groups in total. The van der Waals surface area contributed by atoms with Gasteiger partial charge in [-0.25, -0.2) is 4.39 Å². The van der Waals surface area contributed by atoms with Crippen LogP contribution in [0.2, 0.25) is 5.02 Å². The van der Waals surface area contributed by atoms with E-state index in [-0.39, 0.29) is 29.6 Å². The number of fused-ring (bicyclic) bond motifs is 1. The van der Waals surface area contributed by atoms with Crippen LogP contribution in [0.4, 0.5) is 4.39 Å². The van der Waals surface area contributed by atoms with Crippen molar-refractivity contribution in [2.24, 2.45) is 5.92 Å². The number of aldehydes is 1. The van der Waals surface area contributed by atoms with Crippen molar-refractivity contribution in [1.29, 1.82) is 0 Å². The molecule has 1 unspecified atom stereocenters. The molecule has 0 spiro atoms. The molecule has 0 bridgehead atoms. The molecule has 30 heavy (non-hydrogen) atoms. The van der Waals surface area contributed by atoms with Crippen molar-refractivity contribution in [3.8, 4) is 0 Å². The Morgan fingerprint density at radius 3 is 2.73 bits per heavy atom. The normalized spacial score (nSPS) is 17.6. The molecule has 1 radical (unpaired) electrons. The van der Waals surface area contributed by atoms with Crippen LogP contribution in [-0.2, 0) is 16.1 Å². The third-order valence-corrected chi connectivity index (χ3v) is 6.24. The van der Waals surface area contributed by atoms with Crippen LogP contribution in [-0.4, -0.2) is 12.2 Å². The first-order valence-electron chi connectivity index (χ1n) is 10.1. The molecule has 6 heteroatoms. The first kappa shape index (κ1) is 20.6. The van der Waals surface area contributed by atoms with Gasteiger partial charge in [0.15, 0.2) is 0 Å². The van der Waals surface area contributed by atoms with Crippen molar-refractivity contribution in [1.82, 2.24) is 10.6 Å². The average Bonchev–Trinajstić information content (AvgIpc) is 3.56. The van der Waals surface area contributed by atoms with Gasteiger partial charge < -0.3 is 10.1 Å². The molecule has 1 fully saturated rings. The van der Waals surface area contributed by atoms with Gasteiger partial charge in [0.05, 0.1) is 18.2 Å². The van der Waals surface area contributed by atoms with Crippen LogP contribution in [0.25, 0.3) is 5.57 Å². The van der Waals surface area contributed by atoms with E-state index in [0.29, 0.717) is 28.4 Å². The number of rotatable bonds is 6. The van der Waals surface area contributed by atoms with E-state index in [1.807, 2.05) is 6.07 Å². The zero-order valence-corrected chi connectivity index (χ0v) is 17.7. The minimum absolute atomic E-state index is 0.273. The second-order valence-corrected chi connectivity index (χ2v) is 8.44. The molecular formula is C24H23ClFN2O2. The smallest absolute Gasteiger partial charge is 0.254 e.